The van der Waals surface area contributed by atoms with Gasteiger partial charge in [-0.25, -0.2) is 4.98 Å². The van der Waals surface area contributed by atoms with Crippen molar-refractivity contribution in [3.63, 3.8) is 0 Å². The maximum atomic E-state index is 12.7. The normalized spacial score (nSPS) is 12.3. The van der Waals surface area contributed by atoms with Gasteiger partial charge in [-0.15, -0.1) is 0 Å². The third kappa shape index (κ3) is 3.33. The lowest BCUT2D eigenvalue weighted by molar-refractivity contribution is -0.138. The summed E-state index contributed by atoms with van der Waals surface area (Å²) in [5.74, 6) is -0.469. The molecule has 0 fully saturated rings. The van der Waals surface area contributed by atoms with E-state index in [-0.39, 0.29) is 18.6 Å². The zero-order chi connectivity index (χ0) is 15.8. The Kier molecular flexibility index (Phi) is 3.91. The Morgan fingerprint density at radius 1 is 1.43 bits per heavy atom. The van der Waals surface area contributed by atoms with Gasteiger partial charge in [0.25, 0.3) is 0 Å². The fourth-order valence-electron chi connectivity index (χ4n) is 2.10. The van der Waals surface area contributed by atoms with Crippen LogP contribution in [0.2, 0.25) is 0 Å². The zero-order valence-corrected chi connectivity index (χ0v) is 11.5. The van der Waals surface area contributed by atoms with Crippen molar-refractivity contribution in [3.05, 3.63) is 29.6 Å². The van der Waals surface area contributed by atoms with Gasteiger partial charge in [0.15, 0.2) is 0 Å². The van der Waals surface area contributed by atoms with Crippen LogP contribution in [0.3, 0.4) is 0 Å². The first-order chi connectivity index (χ1) is 9.68. The van der Waals surface area contributed by atoms with E-state index in [1.807, 2.05) is 0 Å². The van der Waals surface area contributed by atoms with Gasteiger partial charge in [0, 0.05) is 7.05 Å². The second-order valence-electron chi connectivity index (χ2n) is 4.85. The molecule has 8 heteroatoms. The number of hydrogen-bond acceptors (Lipinski definition) is 3. The second-order valence-corrected chi connectivity index (χ2v) is 4.85. The Bertz CT molecular complexity index is 679. The summed E-state index contributed by atoms with van der Waals surface area (Å²) in [6.45, 7) is 0.0653. The SMILES string of the molecule is CN(CC(=O)O)Cc1nc2cc(C(F)(F)F)ccc2n1C. The number of imidazole rings is 1. The van der Waals surface area contributed by atoms with E-state index < -0.39 is 17.7 Å². The summed E-state index contributed by atoms with van der Waals surface area (Å²) in [6, 6.07) is 3.37. The van der Waals surface area contributed by atoms with E-state index in [2.05, 4.69) is 4.98 Å². The fraction of sp³-hybridized carbons (Fsp3) is 0.385. The van der Waals surface area contributed by atoms with Crippen molar-refractivity contribution in [2.75, 3.05) is 13.6 Å². The van der Waals surface area contributed by atoms with E-state index in [9.17, 15) is 18.0 Å². The Morgan fingerprint density at radius 3 is 2.67 bits per heavy atom. The molecule has 0 spiro atoms. The highest BCUT2D eigenvalue weighted by atomic mass is 19.4. The lowest BCUT2D eigenvalue weighted by atomic mass is 10.2. The molecule has 0 atom stereocenters. The van der Waals surface area contributed by atoms with Gasteiger partial charge in [-0.1, -0.05) is 0 Å². The maximum absolute atomic E-state index is 12.7. The highest BCUT2D eigenvalue weighted by molar-refractivity contribution is 5.77. The number of carboxylic acids is 1. The van der Waals surface area contributed by atoms with Crippen molar-refractivity contribution in [3.8, 4) is 0 Å². The molecule has 5 nitrogen and oxygen atoms in total. The van der Waals surface area contributed by atoms with E-state index in [1.165, 1.54) is 11.0 Å². The molecule has 2 aromatic rings. The molecule has 1 aromatic carbocycles. The van der Waals surface area contributed by atoms with Gasteiger partial charge in [-0.2, -0.15) is 13.2 Å². The molecule has 0 unspecified atom stereocenters. The number of alkyl halides is 3. The van der Waals surface area contributed by atoms with E-state index in [4.69, 9.17) is 5.11 Å². The first kappa shape index (κ1) is 15.3. The molecule has 0 aliphatic carbocycles. The first-order valence-corrected chi connectivity index (χ1v) is 6.11. The standard InChI is InChI=1S/C13H14F3N3O2/c1-18(7-12(20)21)6-11-17-9-5-8(13(14,15)16)3-4-10(9)19(11)2/h3-5H,6-7H2,1-2H3,(H,20,21). The summed E-state index contributed by atoms with van der Waals surface area (Å²) >= 11 is 0. The van der Waals surface area contributed by atoms with Crippen LogP contribution < -0.4 is 0 Å². The molecule has 1 heterocycles. The molecule has 0 aliphatic rings. The number of aromatic nitrogens is 2. The van der Waals surface area contributed by atoms with Crippen molar-refractivity contribution in [1.29, 1.82) is 0 Å². The molecular weight excluding hydrogens is 287 g/mol. The number of carbonyl (C=O) groups is 1. The lowest BCUT2D eigenvalue weighted by Gasteiger charge is -2.13. The van der Waals surface area contributed by atoms with E-state index in [0.29, 0.717) is 11.3 Å². The number of carboxylic acid groups (broad SMARTS) is 1. The quantitative estimate of drug-likeness (QED) is 0.939. The van der Waals surface area contributed by atoms with Gasteiger partial charge in [-0.3, -0.25) is 9.69 Å². The maximum Gasteiger partial charge on any atom is 0.416 e. The number of nitrogens with zero attached hydrogens (tertiary/aromatic N) is 3. The van der Waals surface area contributed by atoms with Crippen LogP contribution in [0.5, 0.6) is 0 Å². The summed E-state index contributed by atoms with van der Waals surface area (Å²) in [4.78, 5) is 16.3. The Balaban J connectivity index is 2.34. The average molecular weight is 301 g/mol. The van der Waals surface area contributed by atoms with E-state index >= 15 is 0 Å². The van der Waals surface area contributed by atoms with Crippen LogP contribution in [0.4, 0.5) is 13.2 Å². The topological polar surface area (TPSA) is 58.4 Å². The molecule has 0 radical (unpaired) electrons. The minimum atomic E-state index is -4.41. The summed E-state index contributed by atoms with van der Waals surface area (Å²) in [6.07, 6.45) is -4.41. The van der Waals surface area contributed by atoms with E-state index in [1.54, 1.807) is 18.7 Å². The van der Waals surface area contributed by atoms with Crippen LogP contribution in [0.1, 0.15) is 11.4 Å². The third-order valence-electron chi connectivity index (χ3n) is 3.12. The van der Waals surface area contributed by atoms with Crippen molar-refractivity contribution in [2.24, 2.45) is 7.05 Å². The summed E-state index contributed by atoms with van der Waals surface area (Å²) < 4.78 is 39.7. The van der Waals surface area contributed by atoms with Gasteiger partial charge in [0.2, 0.25) is 0 Å². The molecular formula is C13H14F3N3O2. The molecule has 1 aromatic heterocycles. The van der Waals surface area contributed by atoms with Crippen molar-refractivity contribution in [1.82, 2.24) is 14.5 Å². The predicted molar refractivity (Wildman–Crippen MR) is 69.7 cm³/mol. The molecule has 21 heavy (non-hydrogen) atoms. The van der Waals surface area contributed by atoms with Crippen LogP contribution in [0.15, 0.2) is 18.2 Å². The van der Waals surface area contributed by atoms with Crippen molar-refractivity contribution >= 4 is 17.0 Å². The van der Waals surface area contributed by atoms with Crippen LogP contribution >= 0.6 is 0 Å². The highest BCUT2D eigenvalue weighted by Crippen LogP contribution is 2.31. The zero-order valence-electron chi connectivity index (χ0n) is 11.5. The minimum absolute atomic E-state index is 0.170. The highest BCUT2D eigenvalue weighted by Gasteiger charge is 2.31. The predicted octanol–water partition coefficient (Wildman–Crippen LogP) is 2.11. The molecule has 1 N–H and O–H groups in total. The van der Waals surface area contributed by atoms with Gasteiger partial charge >= 0.3 is 12.1 Å². The van der Waals surface area contributed by atoms with Gasteiger partial charge in [-0.05, 0) is 25.2 Å². The monoisotopic (exact) mass is 301 g/mol. The largest absolute Gasteiger partial charge is 0.480 e. The average Bonchev–Trinajstić information content (AvgIpc) is 2.63. The molecule has 2 rings (SSSR count). The van der Waals surface area contributed by atoms with E-state index in [0.717, 1.165) is 12.1 Å². The third-order valence-corrected chi connectivity index (χ3v) is 3.12. The summed E-state index contributed by atoms with van der Waals surface area (Å²) in [7, 11) is 3.29. The molecule has 0 saturated heterocycles. The lowest BCUT2D eigenvalue weighted by Crippen LogP contribution is -2.26. The van der Waals surface area contributed by atoms with Crippen LogP contribution in [-0.2, 0) is 24.6 Å². The number of halogens is 3. The molecule has 114 valence electrons. The molecule has 0 saturated carbocycles. The second kappa shape index (κ2) is 5.36. The molecule has 0 aliphatic heterocycles. The van der Waals surface area contributed by atoms with Crippen LogP contribution in [0.25, 0.3) is 11.0 Å². The number of hydrogen-bond donors (Lipinski definition) is 1. The number of likely N-dealkylation sites (N-methyl/N-ethyl adjacent to an activating group) is 1. The number of aryl methyl sites for hydroxylation is 1. The fourth-order valence-corrected chi connectivity index (χ4v) is 2.10. The first-order valence-electron chi connectivity index (χ1n) is 6.11. The molecule has 0 amide bonds. The number of fused-ring (bicyclic) bond motifs is 1. The number of aliphatic carboxylic acids is 1. The smallest absolute Gasteiger partial charge is 0.416 e. The van der Waals surface area contributed by atoms with Crippen molar-refractivity contribution in [2.45, 2.75) is 12.7 Å². The number of rotatable bonds is 4. The van der Waals surface area contributed by atoms with Gasteiger partial charge in [0.1, 0.15) is 5.82 Å². The van der Waals surface area contributed by atoms with Gasteiger partial charge < -0.3 is 9.67 Å². The van der Waals surface area contributed by atoms with Crippen molar-refractivity contribution < 1.29 is 23.1 Å². The Hall–Kier alpha value is -2.09. The Morgan fingerprint density at radius 2 is 2.10 bits per heavy atom. The summed E-state index contributed by atoms with van der Waals surface area (Å²) in [5.41, 5.74) is 0.0614. The van der Waals surface area contributed by atoms with Gasteiger partial charge in [0.05, 0.1) is 29.7 Å². The number of benzene rings is 1. The van der Waals surface area contributed by atoms with Crippen LogP contribution in [0, 0.1) is 0 Å². The van der Waals surface area contributed by atoms with Crippen LogP contribution in [-0.4, -0.2) is 39.1 Å². The molecule has 0 bridgehead atoms. The minimum Gasteiger partial charge on any atom is -0.480 e. The Labute approximate surface area is 118 Å². The summed E-state index contributed by atoms with van der Waals surface area (Å²) in [5, 5.41) is 8.70.